The molecule has 2 saturated heterocycles. The van der Waals surface area contributed by atoms with Crippen molar-refractivity contribution in [3.8, 4) is 0 Å². The molecule has 7 heteroatoms. The number of pyridine rings is 1. The van der Waals surface area contributed by atoms with Gasteiger partial charge in [-0.2, -0.15) is 0 Å². The van der Waals surface area contributed by atoms with E-state index in [2.05, 4.69) is 55.3 Å². The molecule has 2 aliphatic rings. The summed E-state index contributed by atoms with van der Waals surface area (Å²) in [5.74, 6) is 0.394. The van der Waals surface area contributed by atoms with Crippen molar-refractivity contribution in [2.24, 2.45) is 5.92 Å². The van der Waals surface area contributed by atoms with Gasteiger partial charge in [0, 0.05) is 76.6 Å². The normalized spacial score (nSPS) is 20.6. The monoisotopic (exact) mass is 529 g/mol. The molecule has 2 fully saturated rings. The van der Waals surface area contributed by atoms with E-state index in [9.17, 15) is 9.18 Å². The molecular formula is C32H40FN5O. The number of hydrogen-bond donors (Lipinski definition) is 1. The van der Waals surface area contributed by atoms with Gasteiger partial charge in [0.05, 0.1) is 5.69 Å². The average molecular weight is 530 g/mol. The lowest BCUT2D eigenvalue weighted by atomic mass is 9.86. The number of carbonyl (C=O) groups excluding carboxylic acids is 1. The Labute approximate surface area is 231 Å². The highest BCUT2D eigenvalue weighted by Crippen LogP contribution is 2.29. The van der Waals surface area contributed by atoms with Gasteiger partial charge in [-0.25, -0.2) is 4.39 Å². The first-order chi connectivity index (χ1) is 19.2. The maximum atomic E-state index is 14.4. The summed E-state index contributed by atoms with van der Waals surface area (Å²) in [4.78, 5) is 24.4. The first-order valence-electron chi connectivity index (χ1n) is 14.3. The minimum absolute atomic E-state index is 0.120. The van der Waals surface area contributed by atoms with E-state index in [-0.39, 0.29) is 11.7 Å². The molecule has 1 N–H and O–H groups in total. The molecule has 3 heterocycles. The third-order valence-corrected chi connectivity index (χ3v) is 8.18. The first kappa shape index (κ1) is 27.3. The van der Waals surface area contributed by atoms with Crippen molar-refractivity contribution in [1.82, 2.24) is 20.1 Å². The Hall–Kier alpha value is -3.29. The van der Waals surface area contributed by atoms with Crippen LogP contribution < -0.4 is 10.2 Å². The van der Waals surface area contributed by atoms with Crippen molar-refractivity contribution in [2.75, 3.05) is 50.7 Å². The highest BCUT2D eigenvalue weighted by molar-refractivity contribution is 5.75. The van der Waals surface area contributed by atoms with Gasteiger partial charge in [-0.05, 0) is 55.1 Å². The third-order valence-electron chi connectivity index (χ3n) is 8.18. The number of nitrogens with zero attached hydrogens (tertiary/aromatic N) is 4. The van der Waals surface area contributed by atoms with Crippen LogP contribution in [-0.2, 0) is 17.8 Å². The van der Waals surface area contributed by atoms with Crippen molar-refractivity contribution < 1.29 is 9.18 Å². The molecule has 0 bridgehead atoms. The fourth-order valence-electron chi connectivity index (χ4n) is 6.13. The van der Waals surface area contributed by atoms with Gasteiger partial charge in [0.15, 0.2) is 0 Å². The lowest BCUT2D eigenvalue weighted by molar-refractivity contribution is -0.121. The topological polar surface area (TPSA) is 51.7 Å². The minimum atomic E-state index is -0.146. The van der Waals surface area contributed by atoms with Gasteiger partial charge >= 0.3 is 0 Å². The number of carbonyl (C=O) groups is 1. The van der Waals surface area contributed by atoms with Gasteiger partial charge in [-0.1, -0.05) is 48.5 Å². The van der Waals surface area contributed by atoms with E-state index in [0.717, 1.165) is 70.8 Å². The first-order valence-corrected chi connectivity index (χ1v) is 14.3. The lowest BCUT2D eigenvalue weighted by Crippen LogP contribution is -2.56. The Bertz CT molecular complexity index is 1170. The number of amides is 1. The Kier molecular flexibility index (Phi) is 9.57. The molecule has 39 heavy (non-hydrogen) atoms. The molecule has 0 aliphatic carbocycles. The van der Waals surface area contributed by atoms with Crippen molar-refractivity contribution in [3.05, 3.63) is 96.1 Å². The highest BCUT2D eigenvalue weighted by Gasteiger charge is 2.35. The molecule has 3 aromatic rings. The van der Waals surface area contributed by atoms with E-state index in [1.807, 2.05) is 30.3 Å². The molecule has 2 aliphatic heterocycles. The number of piperazine rings is 1. The summed E-state index contributed by atoms with van der Waals surface area (Å²) in [6.07, 6.45) is 5.04. The van der Waals surface area contributed by atoms with Crippen LogP contribution in [0.15, 0.2) is 79.0 Å². The standard InChI is InChI=1S/C32H40FN5O/c33-29-11-4-5-12-31(29)38-22-20-37(21-23-38)30-16-19-36(24-26-8-2-1-3-9-26)25-27(30)13-14-32(39)35-18-15-28-10-6-7-17-34-28/h1-12,17,27,30H,13-16,18-25H2,(H,35,39)/t27-,30+/m0/s1. The fraction of sp³-hybridized carbons (Fsp3) is 0.438. The Morgan fingerprint density at radius 1 is 0.923 bits per heavy atom. The van der Waals surface area contributed by atoms with E-state index >= 15 is 0 Å². The molecule has 0 radical (unpaired) electrons. The van der Waals surface area contributed by atoms with Crippen LogP contribution in [0.1, 0.15) is 30.5 Å². The molecule has 0 spiro atoms. The zero-order chi connectivity index (χ0) is 26.9. The second-order valence-corrected chi connectivity index (χ2v) is 10.8. The predicted octanol–water partition coefficient (Wildman–Crippen LogP) is 4.37. The van der Waals surface area contributed by atoms with Gasteiger partial charge < -0.3 is 10.2 Å². The second kappa shape index (κ2) is 13.7. The molecule has 5 rings (SSSR count). The third kappa shape index (κ3) is 7.64. The average Bonchev–Trinajstić information content (AvgIpc) is 2.98. The maximum absolute atomic E-state index is 14.4. The van der Waals surface area contributed by atoms with E-state index < -0.39 is 0 Å². The number of para-hydroxylation sites is 1. The maximum Gasteiger partial charge on any atom is 0.220 e. The SMILES string of the molecule is O=C(CC[C@H]1CN(Cc2ccccc2)CC[C@H]1N1CCN(c2ccccc2F)CC1)NCCc1ccccn1. The molecule has 0 saturated carbocycles. The van der Waals surface area contributed by atoms with Crippen LogP contribution in [0.2, 0.25) is 0 Å². The molecular weight excluding hydrogens is 489 g/mol. The molecule has 2 atom stereocenters. The largest absolute Gasteiger partial charge is 0.367 e. The zero-order valence-corrected chi connectivity index (χ0v) is 22.7. The molecule has 1 amide bonds. The number of rotatable bonds is 10. The summed E-state index contributed by atoms with van der Waals surface area (Å²) >= 11 is 0. The van der Waals surface area contributed by atoms with Gasteiger partial charge in [0.25, 0.3) is 0 Å². The number of benzene rings is 2. The molecule has 1 aromatic heterocycles. The van der Waals surface area contributed by atoms with Crippen LogP contribution in [0.3, 0.4) is 0 Å². The lowest BCUT2D eigenvalue weighted by Gasteiger charge is -2.47. The van der Waals surface area contributed by atoms with Gasteiger partial charge in [-0.3, -0.25) is 19.6 Å². The summed E-state index contributed by atoms with van der Waals surface area (Å²) in [5.41, 5.74) is 3.03. The van der Waals surface area contributed by atoms with Gasteiger partial charge in [0.2, 0.25) is 5.91 Å². The number of likely N-dealkylation sites (tertiary alicyclic amines) is 1. The van der Waals surface area contributed by atoms with Crippen molar-refractivity contribution in [1.29, 1.82) is 0 Å². The fourth-order valence-corrected chi connectivity index (χ4v) is 6.13. The summed E-state index contributed by atoms with van der Waals surface area (Å²) in [6, 6.07) is 24.0. The van der Waals surface area contributed by atoms with E-state index in [0.29, 0.717) is 30.6 Å². The summed E-state index contributed by atoms with van der Waals surface area (Å²) < 4.78 is 14.4. The Balaban J connectivity index is 1.17. The predicted molar refractivity (Wildman–Crippen MR) is 154 cm³/mol. The van der Waals surface area contributed by atoms with Crippen LogP contribution >= 0.6 is 0 Å². The van der Waals surface area contributed by atoms with Crippen molar-refractivity contribution >= 4 is 11.6 Å². The summed E-state index contributed by atoms with van der Waals surface area (Å²) in [6.45, 7) is 7.10. The van der Waals surface area contributed by atoms with E-state index in [1.165, 1.54) is 5.56 Å². The number of halogens is 1. The zero-order valence-electron chi connectivity index (χ0n) is 22.7. The van der Waals surface area contributed by atoms with Crippen LogP contribution in [0.25, 0.3) is 0 Å². The smallest absolute Gasteiger partial charge is 0.220 e. The summed E-state index contributed by atoms with van der Waals surface area (Å²) in [7, 11) is 0. The van der Waals surface area contributed by atoms with Crippen LogP contribution in [0, 0.1) is 11.7 Å². The minimum Gasteiger partial charge on any atom is -0.367 e. The van der Waals surface area contributed by atoms with Crippen LogP contribution in [-0.4, -0.2) is 72.5 Å². The number of piperidine rings is 1. The van der Waals surface area contributed by atoms with Gasteiger partial charge in [0.1, 0.15) is 5.82 Å². The molecule has 206 valence electrons. The second-order valence-electron chi connectivity index (χ2n) is 10.8. The number of nitrogens with one attached hydrogen (secondary N) is 1. The van der Waals surface area contributed by atoms with E-state index in [1.54, 1.807) is 18.3 Å². The number of aromatic nitrogens is 1. The highest BCUT2D eigenvalue weighted by atomic mass is 19.1. The van der Waals surface area contributed by atoms with Crippen molar-refractivity contribution in [2.45, 2.75) is 38.3 Å². The number of hydrogen-bond acceptors (Lipinski definition) is 5. The summed E-state index contributed by atoms with van der Waals surface area (Å²) in [5, 5.41) is 3.10. The van der Waals surface area contributed by atoms with E-state index in [4.69, 9.17) is 0 Å². The molecule has 6 nitrogen and oxygen atoms in total. The van der Waals surface area contributed by atoms with Gasteiger partial charge in [-0.15, -0.1) is 0 Å². The van der Waals surface area contributed by atoms with Crippen LogP contribution in [0.4, 0.5) is 10.1 Å². The molecule has 2 aromatic carbocycles. The Morgan fingerprint density at radius 2 is 1.69 bits per heavy atom. The van der Waals surface area contributed by atoms with Crippen molar-refractivity contribution in [3.63, 3.8) is 0 Å². The quantitative estimate of drug-likeness (QED) is 0.423. The van der Waals surface area contributed by atoms with Crippen LogP contribution in [0.5, 0.6) is 0 Å². The molecule has 0 unspecified atom stereocenters. The Morgan fingerprint density at radius 3 is 2.46 bits per heavy atom. The number of anilines is 1.